The maximum atomic E-state index is 13.1. The third-order valence-corrected chi connectivity index (χ3v) is 6.33. The number of carbonyl (C=O) groups is 3. The molecule has 0 aliphatic carbocycles. The first-order chi connectivity index (χ1) is 16.3. The second kappa shape index (κ2) is 11.2. The molecule has 0 bridgehead atoms. The van der Waals surface area contributed by atoms with Crippen LogP contribution >= 0.6 is 23.4 Å². The molecule has 178 valence electrons. The number of benzene rings is 1. The highest BCUT2D eigenvalue weighted by Gasteiger charge is 2.40. The summed E-state index contributed by atoms with van der Waals surface area (Å²) in [7, 11) is 2.53. The van der Waals surface area contributed by atoms with Crippen LogP contribution in [0.1, 0.15) is 28.8 Å². The highest BCUT2D eigenvalue weighted by atomic mass is 35.5. The number of carbonyl (C=O) groups excluding carboxylic acids is 3. The summed E-state index contributed by atoms with van der Waals surface area (Å²) >= 11 is 7.54. The lowest BCUT2D eigenvalue weighted by atomic mass is 9.80. The first-order valence-electron chi connectivity index (χ1n) is 10.2. The number of rotatable bonds is 7. The molecule has 2 unspecified atom stereocenters. The van der Waals surface area contributed by atoms with Gasteiger partial charge in [0, 0.05) is 23.1 Å². The zero-order valence-electron chi connectivity index (χ0n) is 19.0. The fourth-order valence-electron chi connectivity index (χ4n) is 3.75. The van der Waals surface area contributed by atoms with Crippen LogP contribution in [0.15, 0.2) is 71.3 Å². The van der Waals surface area contributed by atoms with Gasteiger partial charge in [-0.1, -0.05) is 23.7 Å². The molecule has 1 aromatic heterocycles. The summed E-state index contributed by atoms with van der Waals surface area (Å²) in [5, 5.41) is 5.83. The topological polar surface area (TPSA) is 107 Å². The Morgan fingerprint density at radius 2 is 1.82 bits per heavy atom. The average Bonchev–Trinajstić information content (AvgIpc) is 2.86. The number of nitrogens with one attached hydrogen (secondary N) is 2. The van der Waals surface area contributed by atoms with Crippen LogP contribution in [-0.2, 0) is 19.1 Å². The average molecular weight is 502 g/mol. The van der Waals surface area contributed by atoms with Gasteiger partial charge < -0.3 is 20.1 Å². The van der Waals surface area contributed by atoms with Crippen molar-refractivity contribution in [2.24, 2.45) is 0 Å². The van der Waals surface area contributed by atoms with Crippen molar-refractivity contribution in [2.75, 3.05) is 20.5 Å². The van der Waals surface area contributed by atoms with Crippen LogP contribution in [0.25, 0.3) is 0 Å². The Morgan fingerprint density at radius 3 is 2.41 bits per heavy atom. The minimum Gasteiger partial charge on any atom is -0.466 e. The Bertz CT molecular complexity index is 1170. The number of pyridine rings is 1. The van der Waals surface area contributed by atoms with Gasteiger partial charge in [-0.15, -0.1) is 11.8 Å². The second-order valence-corrected chi connectivity index (χ2v) is 8.67. The molecule has 0 saturated heterocycles. The molecule has 2 aromatic rings. The van der Waals surface area contributed by atoms with Crippen LogP contribution in [0.3, 0.4) is 0 Å². The van der Waals surface area contributed by atoms with Gasteiger partial charge in [-0.25, -0.2) is 9.59 Å². The molecule has 34 heavy (non-hydrogen) atoms. The SMILES string of the molecule is COC(=O)C1=C(C)NC(C(NC(=O)c2cccnc2)SC)=C(C(=O)OC)C1c1cccc(Cl)c1. The highest BCUT2D eigenvalue weighted by Crippen LogP contribution is 2.41. The van der Waals surface area contributed by atoms with Gasteiger partial charge in [0.15, 0.2) is 0 Å². The molecule has 0 spiro atoms. The molecular formula is C24H24ClN3O5S. The highest BCUT2D eigenvalue weighted by molar-refractivity contribution is 7.99. The van der Waals surface area contributed by atoms with Crippen LogP contribution in [0.4, 0.5) is 0 Å². The van der Waals surface area contributed by atoms with Gasteiger partial charge in [-0.05, 0) is 43.0 Å². The minimum atomic E-state index is -0.834. The lowest BCUT2D eigenvalue weighted by Gasteiger charge is -2.34. The maximum Gasteiger partial charge on any atom is 0.336 e. The normalized spacial score (nSPS) is 16.4. The predicted molar refractivity (Wildman–Crippen MR) is 130 cm³/mol. The van der Waals surface area contributed by atoms with Crippen molar-refractivity contribution in [3.8, 4) is 0 Å². The van der Waals surface area contributed by atoms with E-state index in [9.17, 15) is 14.4 Å². The van der Waals surface area contributed by atoms with Crippen LogP contribution in [0.2, 0.25) is 5.02 Å². The standard InChI is InChI=1S/C24H24ClN3O5S/c1-13-17(23(30)32-2)18(14-7-5-9-16(25)11-14)19(24(31)33-3)20(27-13)22(34-4)28-21(29)15-8-6-10-26-12-15/h5-12,18,22,27H,1-4H3,(H,28,29). The van der Waals surface area contributed by atoms with E-state index in [-0.39, 0.29) is 17.1 Å². The Labute approximate surface area is 206 Å². The van der Waals surface area contributed by atoms with E-state index in [0.29, 0.717) is 27.5 Å². The Balaban J connectivity index is 2.18. The second-order valence-electron chi connectivity index (χ2n) is 7.29. The molecule has 0 saturated carbocycles. The molecule has 10 heteroatoms. The predicted octanol–water partition coefficient (Wildman–Crippen LogP) is 3.42. The number of halogens is 1. The molecule has 0 radical (unpaired) electrons. The molecular weight excluding hydrogens is 478 g/mol. The van der Waals surface area contributed by atoms with Gasteiger partial charge in [-0.2, -0.15) is 0 Å². The van der Waals surface area contributed by atoms with Crippen LogP contribution in [-0.4, -0.2) is 48.7 Å². The molecule has 1 aliphatic rings. The molecule has 1 aliphatic heterocycles. The number of nitrogens with zero attached hydrogens (tertiary/aromatic N) is 1. The van der Waals surface area contributed by atoms with Crippen molar-refractivity contribution in [3.63, 3.8) is 0 Å². The number of allylic oxidation sites excluding steroid dienone is 1. The molecule has 2 heterocycles. The van der Waals surface area contributed by atoms with E-state index in [1.165, 1.54) is 32.2 Å². The smallest absolute Gasteiger partial charge is 0.336 e. The van der Waals surface area contributed by atoms with Gasteiger partial charge in [0.2, 0.25) is 0 Å². The molecule has 2 atom stereocenters. The first kappa shape index (κ1) is 25.3. The van der Waals surface area contributed by atoms with Gasteiger partial charge >= 0.3 is 11.9 Å². The van der Waals surface area contributed by atoms with Crippen LogP contribution in [0.5, 0.6) is 0 Å². The van der Waals surface area contributed by atoms with E-state index in [1.807, 2.05) is 0 Å². The van der Waals surface area contributed by atoms with Gasteiger partial charge in [0.1, 0.15) is 5.37 Å². The summed E-state index contributed by atoms with van der Waals surface area (Å²) in [5.74, 6) is -2.46. The number of ether oxygens (including phenoxy) is 2. The van der Waals surface area contributed by atoms with E-state index >= 15 is 0 Å². The summed E-state index contributed by atoms with van der Waals surface area (Å²) in [6, 6.07) is 10.2. The Hall–Kier alpha value is -3.30. The molecule has 1 amide bonds. The van der Waals surface area contributed by atoms with Crippen molar-refractivity contribution < 1.29 is 23.9 Å². The molecule has 0 fully saturated rings. The van der Waals surface area contributed by atoms with Gasteiger partial charge in [-0.3, -0.25) is 9.78 Å². The Kier molecular flexibility index (Phi) is 8.36. The van der Waals surface area contributed by atoms with E-state index in [1.54, 1.807) is 55.8 Å². The summed E-state index contributed by atoms with van der Waals surface area (Å²) in [6.07, 6.45) is 4.81. The van der Waals surface area contributed by atoms with Crippen molar-refractivity contribution in [3.05, 3.63) is 87.5 Å². The molecule has 2 N–H and O–H groups in total. The number of amides is 1. The number of thioether (sulfide) groups is 1. The lowest BCUT2D eigenvalue weighted by Crippen LogP contribution is -2.43. The van der Waals surface area contributed by atoms with Gasteiger partial charge in [0.25, 0.3) is 5.91 Å². The first-order valence-corrected chi connectivity index (χ1v) is 11.9. The summed E-state index contributed by atoms with van der Waals surface area (Å²) in [6.45, 7) is 1.71. The summed E-state index contributed by atoms with van der Waals surface area (Å²) in [5.41, 5.74) is 2.26. The fraction of sp³-hybridized carbons (Fsp3) is 0.250. The zero-order valence-corrected chi connectivity index (χ0v) is 20.6. The van der Waals surface area contributed by atoms with E-state index in [4.69, 9.17) is 21.1 Å². The van der Waals surface area contributed by atoms with E-state index in [0.717, 1.165) is 0 Å². The van der Waals surface area contributed by atoms with Crippen molar-refractivity contribution in [1.29, 1.82) is 0 Å². The number of dihydropyridines is 1. The monoisotopic (exact) mass is 501 g/mol. The number of hydrogen-bond acceptors (Lipinski definition) is 8. The summed E-state index contributed by atoms with van der Waals surface area (Å²) in [4.78, 5) is 42.8. The van der Waals surface area contributed by atoms with E-state index in [2.05, 4.69) is 15.6 Å². The van der Waals surface area contributed by atoms with Crippen molar-refractivity contribution in [1.82, 2.24) is 15.6 Å². The molecule has 8 nitrogen and oxygen atoms in total. The van der Waals surface area contributed by atoms with Crippen molar-refractivity contribution >= 4 is 41.2 Å². The van der Waals surface area contributed by atoms with Gasteiger partial charge in [0.05, 0.1) is 42.5 Å². The minimum absolute atomic E-state index is 0.168. The van der Waals surface area contributed by atoms with Crippen molar-refractivity contribution in [2.45, 2.75) is 18.2 Å². The maximum absolute atomic E-state index is 13.1. The third-order valence-electron chi connectivity index (χ3n) is 5.27. The number of esters is 2. The van der Waals surface area contributed by atoms with E-state index < -0.39 is 23.2 Å². The Morgan fingerprint density at radius 1 is 1.12 bits per heavy atom. The molecule has 1 aromatic carbocycles. The zero-order chi connectivity index (χ0) is 24.8. The number of aromatic nitrogens is 1. The van der Waals surface area contributed by atoms with Crippen LogP contribution in [0, 0.1) is 0 Å². The summed E-state index contributed by atoms with van der Waals surface area (Å²) < 4.78 is 10.1. The van der Waals surface area contributed by atoms with Crippen LogP contribution < -0.4 is 10.6 Å². The third kappa shape index (κ3) is 5.26. The fourth-order valence-corrected chi connectivity index (χ4v) is 4.59. The number of methoxy groups -OCH3 is 2. The number of hydrogen-bond donors (Lipinski definition) is 2. The lowest BCUT2D eigenvalue weighted by molar-refractivity contribution is -0.137. The largest absolute Gasteiger partial charge is 0.466 e. The molecule has 3 rings (SSSR count). The quantitative estimate of drug-likeness (QED) is 0.439.